The highest BCUT2D eigenvalue weighted by atomic mass is 35.5. The molecule has 1 atom stereocenters. The van der Waals surface area contributed by atoms with Gasteiger partial charge in [-0.3, -0.25) is 14.9 Å². The van der Waals surface area contributed by atoms with E-state index < -0.39 is 26.9 Å². The average molecular weight is 580 g/mol. The number of amides is 1. The number of nitro benzene ring substituents is 1. The van der Waals surface area contributed by atoms with Crippen LogP contribution in [-0.4, -0.2) is 46.9 Å². The summed E-state index contributed by atoms with van der Waals surface area (Å²) in [6.07, 6.45) is 2.51. The summed E-state index contributed by atoms with van der Waals surface area (Å²) in [7, 11) is -3.88. The second kappa shape index (κ2) is 11.2. The molecule has 10 nitrogen and oxygen atoms in total. The van der Waals surface area contributed by atoms with E-state index in [0.717, 1.165) is 27.7 Å². The Hall–Kier alpha value is -4.06. The summed E-state index contributed by atoms with van der Waals surface area (Å²) in [5, 5.41) is 16.5. The lowest BCUT2D eigenvalue weighted by molar-refractivity contribution is -0.384. The van der Waals surface area contributed by atoms with Gasteiger partial charge in [-0.25, -0.2) is 13.8 Å². The maximum absolute atomic E-state index is 13.2. The Kier molecular flexibility index (Phi) is 7.70. The topological polar surface area (TPSA) is 127 Å². The molecule has 1 aliphatic heterocycles. The zero-order chi connectivity index (χ0) is 28.4. The van der Waals surface area contributed by atoms with Crippen molar-refractivity contribution in [2.45, 2.75) is 37.2 Å². The quantitative estimate of drug-likeness (QED) is 0.181. The van der Waals surface area contributed by atoms with Crippen LogP contribution in [0.4, 0.5) is 5.69 Å². The van der Waals surface area contributed by atoms with E-state index in [-0.39, 0.29) is 17.1 Å². The van der Waals surface area contributed by atoms with Gasteiger partial charge in [-0.2, -0.15) is 9.41 Å². The van der Waals surface area contributed by atoms with Crippen LogP contribution < -0.4 is 5.43 Å². The van der Waals surface area contributed by atoms with Gasteiger partial charge < -0.3 is 4.57 Å². The number of aromatic nitrogens is 1. The summed E-state index contributed by atoms with van der Waals surface area (Å²) in [4.78, 5) is 23.7. The summed E-state index contributed by atoms with van der Waals surface area (Å²) < 4.78 is 29.7. The minimum atomic E-state index is -3.88. The Bertz CT molecular complexity index is 1720. The van der Waals surface area contributed by atoms with Gasteiger partial charge in [-0.05, 0) is 55.7 Å². The molecule has 12 heteroatoms. The predicted octanol–water partition coefficient (Wildman–Crippen LogP) is 4.86. The van der Waals surface area contributed by atoms with Gasteiger partial charge in [0, 0.05) is 52.4 Å². The number of hydrogen-bond donors (Lipinski definition) is 1. The van der Waals surface area contributed by atoms with Crippen molar-refractivity contribution in [1.82, 2.24) is 14.3 Å². The van der Waals surface area contributed by atoms with Crippen molar-refractivity contribution in [3.63, 3.8) is 0 Å². The number of hydrazone groups is 1. The summed E-state index contributed by atoms with van der Waals surface area (Å²) in [6, 6.07) is 19.2. The van der Waals surface area contributed by atoms with Crippen molar-refractivity contribution in [3.05, 3.63) is 105 Å². The van der Waals surface area contributed by atoms with E-state index >= 15 is 0 Å². The number of nitrogens with zero attached hydrogens (tertiary/aromatic N) is 4. The molecule has 0 saturated carbocycles. The summed E-state index contributed by atoms with van der Waals surface area (Å²) in [5.74, 6) is -0.501. The SMILES string of the molecule is Cc1c(/C=N\NC(=O)[C@@H]2CCCN2S(=O)(=O)c2ccc(Cl)cc2)c2ccccc2n1Cc1ccc([N+](=O)[O-])cc1. The Morgan fingerprint density at radius 3 is 2.52 bits per heavy atom. The van der Waals surface area contributed by atoms with Gasteiger partial charge in [-0.1, -0.05) is 41.9 Å². The van der Waals surface area contributed by atoms with Gasteiger partial charge in [0.15, 0.2) is 0 Å². The van der Waals surface area contributed by atoms with Crippen LogP contribution in [0, 0.1) is 17.0 Å². The largest absolute Gasteiger partial charge is 0.340 e. The number of fused-ring (bicyclic) bond motifs is 1. The van der Waals surface area contributed by atoms with Crippen LogP contribution in [0.5, 0.6) is 0 Å². The number of rotatable bonds is 8. The number of halogens is 1. The lowest BCUT2D eigenvalue weighted by atomic mass is 10.1. The van der Waals surface area contributed by atoms with Gasteiger partial charge in [0.05, 0.1) is 16.0 Å². The van der Waals surface area contributed by atoms with Crippen molar-refractivity contribution < 1.29 is 18.1 Å². The monoisotopic (exact) mass is 579 g/mol. The lowest BCUT2D eigenvalue weighted by Crippen LogP contribution is -2.44. The Labute approximate surface area is 236 Å². The molecule has 206 valence electrons. The standard InChI is InChI=1S/C28H26ClN5O5S/c1-19-25(24-5-2-3-6-26(24)32(19)18-20-8-12-22(13-9-20)34(36)37)17-30-31-28(35)27-7-4-16-33(27)40(38,39)23-14-10-21(29)11-15-23/h2-3,5-6,8-15,17,27H,4,7,16,18H2,1H3,(H,31,35)/b30-17-/t27-/m0/s1. The van der Waals surface area contributed by atoms with Crippen LogP contribution in [-0.2, 0) is 21.4 Å². The van der Waals surface area contributed by atoms with Crippen molar-refractivity contribution in [1.29, 1.82) is 0 Å². The van der Waals surface area contributed by atoms with E-state index in [4.69, 9.17) is 11.6 Å². The minimum absolute atomic E-state index is 0.0307. The summed E-state index contributed by atoms with van der Waals surface area (Å²) in [5.41, 5.74) is 6.10. The molecule has 0 aliphatic carbocycles. The molecule has 1 amide bonds. The van der Waals surface area contributed by atoms with E-state index in [1.165, 1.54) is 40.7 Å². The van der Waals surface area contributed by atoms with E-state index in [0.29, 0.717) is 24.4 Å². The van der Waals surface area contributed by atoms with Gasteiger partial charge in [0.2, 0.25) is 10.0 Å². The molecule has 5 rings (SSSR count). The molecule has 2 heterocycles. The van der Waals surface area contributed by atoms with Gasteiger partial charge in [-0.15, -0.1) is 0 Å². The van der Waals surface area contributed by atoms with Crippen molar-refractivity contribution in [2.75, 3.05) is 6.54 Å². The fourth-order valence-corrected chi connectivity index (χ4v) is 6.78. The molecule has 1 fully saturated rings. The molecule has 1 N–H and O–H groups in total. The smallest absolute Gasteiger partial charge is 0.269 e. The number of sulfonamides is 1. The number of hydrogen-bond acceptors (Lipinski definition) is 6. The molecular formula is C28H26ClN5O5S. The molecule has 0 unspecified atom stereocenters. The summed E-state index contributed by atoms with van der Waals surface area (Å²) >= 11 is 5.90. The van der Waals surface area contributed by atoms with E-state index in [1.54, 1.807) is 18.3 Å². The number of para-hydroxylation sites is 1. The highest BCUT2D eigenvalue weighted by molar-refractivity contribution is 7.89. The minimum Gasteiger partial charge on any atom is -0.340 e. The maximum Gasteiger partial charge on any atom is 0.269 e. The van der Waals surface area contributed by atoms with Crippen molar-refractivity contribution in [2.24, 2.45) is 5.10 Å². The zero-order valence-electron chi connectivity index (χ0n) is 21.5. The average Bonchev–Trinajstić information content (AvgIpc) is 3.54. The molecule has 3 aromatic carbocycles. The van der Waals surface area contributed by atoms with Crippen LogP contribution in [0.2, 0.25) is 5.02 Å². The number of nitrogens with one attached hydrogen (secondary N) is 1. The van der Waals surface area contributed by atoms with Crippen LogP contribution in [0.1, 0.15) is 29.7 Å². The number of carbonyl (C=O) groups is 1. The van der Waals surface area contributed by atoms with Crippen LogP contribution >= 0.6 is 11.6 Å². The van der Waals surface area contributed by atoms with Crippen molar-refractivity contribution in [3.8, 4) is 0 Å². The molecule has 0 spiro atoms. The molecule has 1 aliphatic rings. The molecular weight excluding hydrogens is 554 g/mol. The second-order valence-electron chi connectivity index (χ2n) is 9.49. The number of non-ortho nitro benzene ring substituents is 1. The molecule has 1 aromatic heterocycles. The van der Waals surface area contributed by atoms with Crippen molar-refractivity contribution >= 4 is 50.3 Å². The first-order valence-corrected chi connectivity index (χ1v) is 14.4. The number of benzene rings is 3. The third-order valence-corrected chi connectivity index (χ3v) is 9.24. The van der Waals surface area contributed by atoms with E-state index in [1.807, 2.05) is 31.2 Å². The lowest BCUT2D eigenvalue weighted by Gasteiger charge is -2.22. The first-order chi connectivity index (χ1) is 19.2. The highest BCUT2D eigenvalue weighted by Crippen LogP contribution is 2.28. The fraction of sp³-hybridized carbons (Fsp3) is 0.214. The molecule has 0 bridgehead atoms. The van der Waals surface area contributed by atoms with Crippen LogP contribution in [0.25, 0.3) is 10.9 Å². The Morgan fingerprint density at radius 2 is 1.82 bits per heavy atom. The molecule has 4 aromatic rings. The third kappa shape index (κ3) is 5.35. The maximum atomic E-state index is 13.2. The number of nitro groups is 1. The highest BCUT2D eigenvalue weighted by Gasteiger charge is 2.39. The normalized spacial score (nSPS) is 16.1. The molecule has 40 heavy (non-hydrogen) atoms. The van der Waals surface area contributed by atoms with Gasteiger partial charge >= 0.3 is 0 Å². The Balaban J connectivity index is 1.35. The van der Waals surface area contributed by atoms with Crippen LogP contribution in [0.15, 0.2) is 82.8 Å². The third-order valence-electron chi connectivity index (χ3n) is 7.06. The first kappa shape index (κ1) is 27.5. The van der Waals surface area contributed by atoms with Gasteiger partial charge in [0.25, 0.3) is 11.6 Å². The molecule has 0 radical (unpaired) electrons. The first-order valence-electron chi connectivity index (χ1n) is 12.6. The summed E-state index contributed by atoms with van der Waals surface area (Å²) in [6.45, 7) is 2.66. The van der Waals surface area contributed by atoms with E-state index in [9.17, 15) is 23.3 Å². The predicted molar refractivity (Wildman–Crippen MR) is 153 cm³/mol. The molecule has 1 saturated heterocycles. The van der Waals surface area contributed by atoms with Gasteiger partial charge in [0.1, 0.15) is 6.04 Å². The fourth-order valence-electron chi connectivity index (χ4n) is 5.00. The van der Waals surface area contributed by atoms with E-state index in [2.05, 4.69) is 15.1 Å². The zero-order valence-corrected chi connectivity index (χ0v) is 23.1. The second-order valence-corrected chi connectivity index (χ2v) is 11.8. The number of carbonyl (C=O) groups excluding carboxylic acids is 1. The van der Waals surface area contributed by atoms with Crippen LogP contribution in [0.3, 0.4) is 0 Å². The Morgan fingerprint density at radius 1 is 1.12 bits per heavy atom.